The molecule has 5 nitrogen and oxygen atoms in total. The molecule has 92 valence electrons. The molecular weight excluding hydrogens is 208 g/mol. The smallest absolute Gasteiger partial charge is 0.251 e. The third-order valence-electron chi connectivity index (χ3n) is 2.64. The zero-order valence-corrected chi connectivity index (χ0v) is 9.95. The van der Waals surface area contributed by atoms with Crippen molar-refractivity contribution >= 4 is 11.8 Å². The summed E-state index contributed by atoms with van der Waals surface area (Å²) >= 11 is 0. The Balaban J connectivity index is 2.20. The molecule has 0 aromatic carbocycles. The quantitative estimate of drug-likeness (QED) is 0.705. The number of aliphatic hydroxyl groups is 1. The minimum absolute atomic E-state index is 0.0774. The van der Waals surface area contributed by atoms with Crippen LogP contribution < -0.4 is 5.32 Å². The molecule has 0 radical (unpaired) electrons. The zero-order chi connectivity index (χ0) is 12.2. The van der Waals surface area contributed by atoms with Crippen LogP contribution in [0.15, 0.2) is 0 Å². The van der Waals surface area contributed by atoms with Gasteiger partial charge in [-0.05, 0) is 26.7 Å². The summed E-state index contributed by atoms with van der Waals surface area (Å²) in [5.74, 6) is -0.365. The maximum atomic E-state index is 11.6. The van der Waals surface area contributed by atoms with E-state index in [0.717, 1.165) is 25.9 Å². The highest BCUT2D eigenvalue weighted by Gasteiger charge is 2.23. The summed E-state index contributed by atoms with van der Waals surface area (Å²) in [5.41, 5.74) is -1.38. The largest absolute Gasteiger partial charge is 0.381 e. The van der Waals surface area contributed by atoms with Gasteiger partial charge in [-0.3, -0.25) is 9.59 Å². The number of amides is 2. The lowest BCUT2D eigenvalue weighted by Crippen LogP contribution is -2.43. The van der Waals surface area contributed by atoms with Crippen LogP contribution in [-0.2, 0) is 9.59 Å². The van der Waals surface area contributed by atoms with Crippen molar-refractivity contribution in [2.24, 2.45) is 0 Å². The van der Waals surface area contributed by atoms with Gasteiger partial charge >= 0.3 is 0 Å². The molecule has 1 fully saturated rings. The number of carbonyl (C=O) groups is 2. The Morgan fingerprint density at radius 3 is 2.38 bits per heavy atom. The van der Waals surface area contributed by atoms with Gasteiger partial charge in [0.1, 0.15) is 5.60 Å². The van der Waals surface area contributed by atoms with Crippen LogP contribution in [0.2, 0.25) is 0 Å². The molecule has 2 N–H and O–H groups in total. The van der Waals surface area contributed by atoms with Crippen LogP contribution >= 0.6 is 0 Å². The second-order valence-corrected chi connectivity index (χ2v) is 4.65. The van der Waals surface area contributed by atoms with E-state index in [2.05, 4.69) is 5.32 Å². The first-order valence-electron chi connectivity index (χ1n) is 5.70. The van der Waals surface area contributed by atoms with Crippen molar-refractivity contribution in [2.45, 2.75) is 38.7 Å². The molecule has 16 heavy (non-hydrogen) atoms. The molecular formula is C11H20N2O3. The highest BCUT2D eigenvalue weighted by Crippen LogP contribution is 2.08. The van der Waals surface area contributed by atoms with Crippen LogP contribution in [0.5, 0.6) is 0 Å². The molecule has 5 heteroatoms. The third kappa shape index (κ3) is 3.81. The fraction of sp³-hybridized carbons (Fsp3) is 0.818. The van der Waals surface area contributed by atoms with Gasteiger partial charge in [0.15, 0.2) is 0 Å². The first-order valence-corrected chi connectivity index (χ1v) is 5.70. The summed E-state index contributed by atoms with van der Waals surface area (Å²) in [6, 6.07) is 0. The fourth-order valence-corrected chi connectivity index (χ4v) is 1.62. The van der Waals surface area contributed by atoms with Crippen molar-refractivity contribution in [3.63, 3.8) is 0 Å². The van der Waals surface area contributed by atoms with Gasteiger partial charge < -0.3 is 15.3 Å². The van der Waals surface area contributed by atoms with Gasteiger partial charge in [0.05, 0.1) is 0 Å². The minimum atomic E-state index is -1.38. The maximum absolute atomic E-state index is 11.6. The molecule has 0 spiro atoms. The zero-order valence-electron chi connectivity index (χ0n) is 9.95. The summed E-state index contributed by atoms with van der Waals surface area (Å²) in [4.78, 5) is 24.7. The van der Waals surface area contributed by atoms with Crippen molar-refractivity contribution in [1.82, 2.24) is 10.2 Å². The Labute approximate surface area is 95.8 Å². The van der Waals surface area contributed by atoms with Crippen molar-refractivity contribution in [3.8, 4) is 0 Å². The predicted molar refractivity (Wildman–Crippen MR) is 59.7 cm³/mol. The van der Waals surface area contributed by atoms with E-state index in [1.165, 1.54) is 13.8 Å². The molecule has 0 aromatic rings. The molecule has 1 aliphatic heterocycles. The van der Waals surface area contributed by atoms with Gasteiger partial charge in [-0.1, -0.05) is 0 Å². The predicted octanol–water partition coefficient (Wildman–Crippen LogP) is -0.114. The van der Waals surface area contributed by atoms with Crippen LogP contribution in [0.4, 0.5) is 0 Å². The lowest BCUT2D eigenvalue weighted by Gasteiger charge is -2.18. The van der Waals surface area contributed by atoms with Crippen molar-refractivity contribution in [3.05, 3.63) is 0 Å². The van der Waals surface area contributed by atoms with Crippen LogP contribution in [0.25, 0.3) is 0 Å². The van der Waals surface area contributed by atoms with Crippen LogP contribution in [0.3, 0.4) is 0 Å². The van der Waals surface area contributed by atoms with E-state index in [1.807, 2.05) is 4.90 Å². The second kappa shape index (κ2) is 5.30. The molecule has 0 aromatic heterocycles. The second-order valence-electron chi connectivity index (χ2n) is 4.65. The van der Waals surface area contributed by atoms with E-state index in [1.54, 1.807) is 0 Å². The number of rotatable bonds is 4. The van der Waals surface area contributed by atoms with Gasteiger partial charge in [0.25, 0.3) is 5.91 Å². The standard InChI is InChI=1S/C11H20N2O3/c1-11(2,16)10(15)12-6-5-9(14)13-7-3-4-8-13/h16H,3-8H2,1-2H3,(H,12,15). The van der Waals surface area contributed by atoms with Gasteiger partial charge in [0, 0.05) is 26.1 Å². The molecule has 1 rings (SSSR count). The van der Waals surface area contributed by atoms with Crippen molar-refractivity contribution in [1.29, 1.82) is 0 Å². The van der Waals surface area contributed by atoms with E-state index in [-0.39, 0.29) is 12.5 Å². The number of likely N-dealkylation sites (tertiary alicyclic amines) is 1. The molecule has 1 aliphatic rings. The number of hydrogen-bond acceptors (Lipinski definition) is 3. The SMILES string of the molecule is CC(C)(O)C(=O)NCCC(=O)N1CCCC1. The maximum Gasteiger partial charge on any atom is 0.251 e. The van der Waals surface area contributed by atoms with E-state index < -0.39 is 11.5 Å². The van der Waals surface area contributed by atoms with Crippen LogP contribution in [-0.4, -0.2) is 47.1 Å². The summed E-state index contributed by atoms with van der Waals surface area (Å²) < 4.78 is 0. The molecule has 0 aliphatic carbocycles. The first-order chi connectivity index (χ1) is 7.41. The van der Waals surface area contributed by atoms with Gasteiger partial charge in [-0.15, -0.1) is 0 Å². The molecule has 1 saturated heterocycles. The lowest BCUT2D eigenvalue weighted by molar-refractivity contribution is -0.136. The first kappa shape index (κ1) is 13.0. The molecule has 0 atom stereocenters. The Morgan fingerprint density at radius 2 is 1.88 bits per heavy atom. The van der Waals surface area contributed by atoms with E-state index >= 15 is 0 Å². The highest BCUT2D eigenvalue weighted by atomic mass is 16.3. The highest BCUT2D eigenvalue weighted by molar-refractivity contribution is 5.84. The van der Waals surface area contributed by atoms with E-state index in [9.17, 15) is 14.7 Å². The topological polar surface area (TPSA) is 69.6 Å². The Morgan fingerprint density at radius 1 is 1.31 bits per heavy atom. The molecule has 0 unspecified atom stereocenters. The molecule has 1 heterocycles. The van der Waals surface area contributed by atoms with Crippen molar-refractivity contribution < 1.29 is 14.7 Å². The average Bonchev–Trinajstić information content (AvgIpc) is 2.68. The Bertz CT molecular complexity index is 265. The van der Waals surface area contributed by atoms with Crippen LogP contribution in [0, 0.1) is 0 Å². The van der Waals surface area contributed by atoms with Gasteiger partial charge in [-0.2, -0.15) is 0 Å². The minimum Gasteiger partial charge on any atom is -0.381 e. The number of carbonyl (C=O) groups excluding carboxylic acids is 2. The Hall–Kier alpha value is -1.10. The summed E-state index contributed by atoms with van der Waals surface area (Å²) in [6.45, 7) is 4.80. The summed E-state index contributed by atoms with van der Waals surface area (Å²) in [5, 5.41) is 11.9. The Kier molecular flexibility index (Phi) is 4.29. The number of nitrogens with one attached hydrogen (secondary N) is 1. The molecule has 2 amide bonds. The summed E-state index contributed by atoms with van der Waals surface area (Å²) in [6.07, 6.45) is 2.45. The summed E-state index contributed by atoms with van der Waals surface area (Å²) in [7, 11) is 0. The number of nitrogens with zero attached hydrogens (tertiary/aromatic N) is 1. The van der Waals surface area contributed by atoms with Gasteiger partial charge in [0.2, 0.25) is 5.91 Å². The fourth-order valence-electron chi connectivity index (χ4n) is 1.62. The molecule has 0 bridgehead atoms. The van der Waals surface area contributed by atoms with Gasteiger partial charge in [-0.25, -0.2) is 0 Å². The lowest BCUT2D eigenvalue weighted by atomic mass is 10.1. The monoisotopic (exact) mass is 228 g/mol. The van der Waals surface area contributed by atoms with Crippen LogP contribution in [0.1, 0.15) is 33.1 Å². The number of hydrogen-bond donors (Lipinski definition) is 2. The van der Waals surface area contributed by atoms with Crippen molar-refractivity contribution in [2.75, 3.05) is 19.6 Å². The normalized spacial score (nSPS) is 16.3. The molecule has 0 saturated carbocycles. The van der Waals surface area contributed by atoms with E-state index in [0.29, 0.717) is 6.42 Å². The van der Waals surface area contributed by atoms with E-state index in [4.69, 9.17) is 0 Å². The third-order valence-corrected chi connectivity index (χ3v) is 2.64. The average molecular weight is 228 g/mol.